The van der Waals surface area contributed by atoms with Gasteiger partial charge in [0.05, 0.1) is 5.92 Å². The topological polar surface area (TPSA) is 114 Å². The molecule has 1 unspecified atom stereocenters. The second-order valence-corrected chi connectivity index (χ2v) is 5.83. The Morgan fingerprint density at radius 1 is 1.65 bits per heavy atom. The van der Waals surface area contributed by atoms with Gasteiger partial charge in [-0.15, -0.1) is 5.10 Å². The molecule has 0 aliphatic rings. The van der Waals surface area contributed by atoms with Crippen LogP contribution in [-0.4, -0.2) is 41.0 Å². The van der Waals surface area contributed by atoms with Crippen LogP contribution in [0.2, 0.25) is 0 Å². The third-order valence-electron chi connectivity index (χ3n) is 1.99. The first-order chi connectivity index (χ1) is 7.75. The van der Waals surface area contributed by atoms with Gasteiger partial charge in [-0.3, -0.25) is 4.79 Å². The Morgan fingerprint density at radius 3 is 2.65 bits per heavy atom. The average molecular weight is 327 g/mol. The van der Waals surface area contributed by atoms with Gasteiger partial charge in [-0.25, -0.2) is 17.8 Å². The largest absolute Gasteiger partial charge is 0.481 e. The highest BCUT2D eigenvalue weighted by Gasteiger charge is 2.25. The number of hydrogen-bond acceptors (Lipinski definition) is 5. The molecule has 1 aromatic heterocycles. The summed E-state index contributed by atoms with van der Waals surface area (Å²) in [6, 6.07) is 0. The van der Waals surface area contributed by atoms with Gasteiger partial charge >= 0.3 is 5.97 Å². The molecule has 8 nitrogen and oxygen atoms in total. The Kier molecular flexibility index (Phi) is 4.22. The number of nitrogens with zero attached hydrogens (tertiary/aromatic N) is 3. The zero-order valence-electron chi connectivity index (χ0n) is 9.08. The Morgan fingerprint density at radius 2 is 2.24 bits per heavy atom. The molecule has 2 N–H and O–H groups in total. The average Bonchev–Trinajstić information content (AvgIpc) is 2.55. The van der Waals surface area contributed by atoms with E-state index in [4.69, 9.17) is 5.11 Å². The molecule has 0 fully saturated rings. The minimum absolute atomic E-state index is 0.0791. The van der Waals surface area contributed by atoms with Crippen molar-refractivity contribution in [1.82, 2.24) is 19.7 Å². The van der Waals surface area contributed by atoms with Crippen molar-refractivity contribution in [3.05, 3.63) is 4.60 Å². The van der Waals surface area contributed by atoms with Crippen LogP contribution >= 0.6 is 15.9 Å². The van der Waals surface area contributed by atoms with Crippen LogP contribution in [0.4, 0.5) is 0 Å². The number of carboxylic acid groups (broad SMARTS) is 1. The molecule has 0 radical (unpaired) electrons. The van der Waals surface area contributed by atoms with Crippen LogP contribution in [0, 0.1) is 5.92 Å². The minimum atomic E-state index is -3.83. The zero-order valence-corrected chi connectivity index (χ0v) is 11.5. The molecule has 1 rings (SSSR count). The van der Waals surface area contributed by atoms with E-state index in [1.54, 1.807) is 0 Å². The van der Waals surface area contributed by atoms with Gasteiger partial charge in [0.25, 0.3) is 10.0 Å². The SMILES string of the molecule is CC(CNS(=O)(=O)c1c(Br)nnn1C)C(=O)O. The van der Waals surface area contributed by atoms with Crippen molar-refractivity contribution in [3.63, 3.8) is 0 Å². The maximum absolute atomic E-state index is 11.8. The molecule has 1 aromatic rings. The molecule has 1 atom stereocenters. The van der Waals surface area contributed by atoms with Crippen LogP contribution < -0.4 is 4.72 Å². The standard InChI is InChI=1S/C7H11BrN4O4S/c1-4(7(13)14)3-9-17(15,16)6-5(8)10-11-12(6)2/h4,9H,3H2,1-2H3,(H,13,14). The summed E-state index contributed by atoms with van der Waals surface area (Å²) in [6.07, 6.45) is 0. The predicted octanol–water partition coefficient (Wildman–Crippen LogP) is -0.423. The lowest BCUT2D eigenvalue weighted by Gasteiger charge is -2.09. The Hall–Kier alpha value is -1.00. The summed E-state index contributed by atoms with van der Waals surface area (Å²) in [6.45, 7) is 1.21. The van der Waals surface area contributed by atoms with Gasteiger partial charge in [-0.2, -0.15) is 0 Å². The number of aliphatic carboxylic acids is 1. The fourth-order valence-electron chi connectivity index (χ4n) is 0.998. The van der Waals surface area contributed by atoms with Crippen LogP contribution in [0.25, 0.3) is 0 Å². The number of halogens is 1. The van der Waals surface area contributed by atoms with Crippen LogP contribution in [0.1, 0.15) is 6.92 Å². The van der Waals surface area contributed by atoms with Gasteiger partial charge < -0.3 is 5.11 Å². The molecule has 0 saturated carbocycles. The van der Waals surface area contributed by atoms with E-state index in [9.17, 15) is 13.2 Å². The fraction of sp³-hybridized carbons (Fsp3) is 0.571. The molecule has 17 heavy (non-hydrogen) atoms. The first kappa shape index (κ1) is 14.1. The highest BCUT2D eigenvalue weighted by Crippen LogP contribution is 2.17. The van der Waals surface area contributed by atoms with Crippen molar-refractivity contribution in [2.75, 3.05) is 6.54 Å². The highest BCUT2D eigenvalue weighted by molar-refractivity contribution is 9.10. The van der Waals surface area contributed by atoms with E-state index in [1.165, 1.54) is 14.0 Å². The number of hydrogen-bond donors (Lipinski definition) is 2. The van der Waals surface area contributed by atoms with E-state index in [2.05, 4.69) is 31.0 Å². The molecular weight excluding hydrogens is 316 g/mol. The molecule has 0 bridgehead atoms. The summed E-state index contributed by atoms with van der Waals surface area (Å²) in [5.41, 5.74) is 0. The van der Waals surface area contributed by atoms with E-state index in [0.717, 1.165) is 4.68 Å². The number of nitrogens with one attached hydrogen (secondary N) is 1. The van der Waals surface area contributed by atoms with Crippen molar-refractivity contribution in [2.24, 2.45) is 13.0 Å². The van der Waals surface area contributed by atoms with Gasteiger partial charge in [0.2, 0.25) is 5.03 Å². The monoisotopic (exact) mass is 326 g/mol. The Balaban J connectivity index is 2.87. The van der Waals surface area contributed by atoms with Gasteiger partial charge in [-0.05, 0) is 15.9 Å². The summed E-state index contributed by atoms with van der Waals surface area (Å²) < 4.78 is 27.0. The summed E-state index contributed by atoms with van der Waals surface area (Å²) in [7, 11) is -2.41. The van der Waals surface area contributed by atoms with Gasteiger partial charge in [0, 0.05) is 13.6 Å². The van der Waals surface area contributed by atoms with Crippen molar-refractivity contribution in [3.8, 4) is 0 Å². The van der Waals surface area contributed by atoms with Gasteiger partial charge in [0.1, 0.15) is 0 Å². The summed E-state index contributed by atoms with van der Waals surface area (Å²) in [5.74, 6) is -1.89. The lowest BCUT2D eigenvalue weighted by atomic mass is 10.2. The van der Waals surface area contributed by atoms with E-state index < -0.39 is 21.9 Å². The Labute approximate surface area is 106 Å². The van der Waals surface area contributed by atoms with Gasteiger partial charge in [0.15, 0.2) is 4.60 Å². The molecule has 0 saturated heterocycles. The van der Waals surface area contributed by atoms with E-state index in [1.807, 2.05) is 0 Å². The summed E-state index contributed by atoms with van der Waals surface area (Å²) in [5, 5.41) is 15.6. The van der Waals surface area contributed by atoms with E-state index >= 15 is 0 Å². The first-order valence-corrected chi connectivity index (χ1v) is 6.81. The maximum Gasteiger partial charge on any atom is 0.307 e. The minimum Gasteiger partial charge on any atom is -0.481 e. The van der Waals surface area contributed by atoms with Crippen molar-refractivity contribution < 1.29 is 18.3 Å². The quantitative estimate of drug-likeness (QED) is 0.759. The molecule has 1 heterocycles. The molecule has 10 heteroatoms. The molecule has 0 aromatic carbocycles. The molecule has 96 valence electrons. The molecule has 0 amide bonds. The molecule has 0 spiro atoms. The summed E-state index contributed by atoms with van der Waals surface area (Å²) in [4.78, 5) is 10.6. The fourth-order valence-corrected chi connectivity index (χ4v) is 3.22. The zero-order chi connectivity index (χ0) is 13.2. The number of rotatable bonds is 5. The van der Waals surface area contributed by atoms with Crippen LogP contribution in [-0.2, 0) is 21.9 Å². The first-order valence-electron chi connectivity index (χ1n) is 4.53. The number of carbonyl (C=O) groups is 1. The third kappa shape index (κ3) is 3.23. The molecular formula is C7H11BrN4O4S. The van der Waals surface area contributed by atoms with Crippen molar-refractivity contribution in [1.29, 1.82) is 0 Å². The van der Waals surface area contributed by atoms with Crippen LogP contribution in [0.15, 0.2) is 9.63 Å². The lowest BCUT2D eigenvalue weighted by molar-refractivity contribution is -0.140. The van der Waals surface area contributed by atoms with E-state index in [0.29, 0.717) is 0 Å². The second kappa shape index (κ2) is 5.10. The van der Waals surface area contributed by atoms with Crippen LogP contribution in [0.3, 0.4) is 0 Å². The van der Waals surface area contributed by atoms with E-state index in [-0.39, 0.29) is 16.2 Å². The number of sulfonamides is 1. The lowest BCUT2D eigenvalue weighted by Crippen LogP contribution is -2.32. The smallest absolute Gasteiger partial charge is 0.307 e. The highest BCUT2D eigenvalue weighted by atomic mass is 79.9. The molecule has 0 aliphatic heterocycles. The number of aromatic nitrogens is 3. The number of aryl methyl sites for hydroxylation is 1. The van der Waals surface area contributed by atoms with Crippen molar-refractivity contribution in [2.45, 2.75) is 11.9 Å². The normalized spacial score (nSPS) is 13.6. The maximum atomic E-state index is 11.8. The molecule has 0 aliphatic carbocycles. The van der Waals surface area contributed by atoms with Crippen LogP contribution in [0.5, 0.6) is 0 Å². The Bertz CT molecular complexity index is 506. The predicted molar refractivity (Wildman–Crippen MR) is 60.7 cm³/mol. The third-order valence-corrected chi connectivity index (χ3v) is 4.30. The second-order valence-electron chi connectivity index (χ2n) is 3.40. The summed E-state index contributed by atoms with van der Waals surface area (Å²) >= 11 is 2.96. The van der Waals surface area contributed by atoms with Crippen molar-refractivity contribution >= 4 is 31.9 Å². The van der Waals surface area contributed by atoms with Gasteiger partial charge in [-0.1, -0.05) is 12.1 Å². The number of carboxylic acids is 1.